The summed E-state index contributed by atoms with van der Waals surface area (Å²) in [5, 5.41) is 2.61. The minimum atomic E-state index is -1.11. The van der Waals surface area contributed by atoms with Gasteiger partial charge in [-0.1, -0.05) is 30.3 Å². The number of rotatable bonds is 3. The molecule has 5 nitrogen and oxygen atoms in total. The highest BCUT2D eigenvalue weighted by atomic mass is 16.2. The molecule has 2 atom stereocenters. The van der Waals surface area contributed by atoms with E-state index in [0.29, 0.717) is 13.0 Å². The molecule has 0 aliphatic carbocycles. The van der Waals surface area contributed by atoms with E-state index in [4.69, 9.17) is 5.73 Å². The summed E-state index contributed by atoms with van der Waals surface area (Å²) in [6.07, 6.45) is 1.52. The number of hydrogen-bond donors (Lipinski definition) is 2. The number of nitrogens with zero attached hydrogens (tertiary/aromatic N) is 1. The van der Waals surface area contributed by atoms with Crippen molar-refractivity contribution in [1.82, 2.24) is 10.2 Å². The first kappa shape index (κ1) is 14.5. The van der Waals surface area contributed by atoms with Crippen LogP contribution >= 0.6 is 0 Å². The Labute approximate surface area is 119 Å². The van der Waals surface area contributed by atoms with Gasteiger partial charge < -0.3 is 16.0 Å². The lowest BCUT2D eigenvalue weighted by molar-refractivity contribution is -0.142. The van der Waals surface area contributed by atoms with Crippen LogP contribution in [0.5, 0.6) is 0 Å². The Balaban J connectivity index is 2.24. The minimum absolute atomic E-state index is 0.125. The lowest BCUT2D eigenvalue weighted by Crippen LogP contribution is -2.55. The Bertz CT molecular complexity index is 499. The maximum atomic E-state index is 12.7. The predicted molar refractivity (Wildman–Crippen MR) is 76.8 cm³/mol. The maximum absolute atomic E-state index is 12.7. The molecule has 1 aliphatic heterocycles. The molecule has 20 heavy (non-hydrogen) atoms. The van der Waals surface area contributed by atoms with Crippen LogP contribution in [-0.4, -0.2) is 36.3 Å². The van der Waals surface area contributed by atoms with Gasteiger partial charge in [-0.05, 0) is 25.3 Å². The van der Waals surface area contributed by atoms with Crippen molar-refractivity contribution in [3.8, 4) is 0 Å². The molecule has 2 unspecified atom stereocenters. The van der Waals surface area contributed by atoms with E-state index in [0.717, 1.165) is 12.0 Å². The Hall–Kier alpha value is -1.88. The monoisotopic (exact) mass is 275 g/mol. The van der Waals surface area contributed by atoms with Gasteiger partial charge in [0.2, 0.25) is 11.8 Å². The summed E-state index contributed by atoms with van der Waals surface area (Å²) in [5.41, 5.74) is 5.89. The molecule has 2 rings (SSSR count). The first-order chi connectivity index (χ1) is 9.48. The van der Waals surface area contributed by atoms with E-state index in [-0.39, 0.29) is 11.8 Å². The van der Waals surface area contributed by atoms with Crippen LogP contribution in [0, 0.1) is 0 Å². The number of nitrogens with one attached hydrogen (secondary N) is 1. The van der Waals surface area contributed by atoms with Crippen LogP contribution in [0.15, 0.2) is 30.3 Å². The predicted octanol–water partition coefficient (Wildman–Crippen LogP) is 0.598. The van der Waals surface area contributed by atoms with Crippen LogP contribution in [-0.2, 0) is 15.1 Å². The summed E-state index contributed by atoms with van der Waals surface area (Å²) in [7, 11) is 1.59. The van der Waals surface area contributed by atoms with Gasteiger partial charge in [-0.2, -0.15) is 0 Å². The Kier molecular flexibility index (Phi) is 4.09. The van der Waals surface area contributed by atoms with Crippen molar-refractivity contribution in [1.29, 1.82) is 0 Å². The third-order valence-corrected chi connectivity index (χ3v) is 3.88. The molecule has 108 valence electrons. The van der Waals surface area contributed by atoms with E-state index >= 15 is 0 Å². The minimum Gasteiger partial charge on any atom is -0.357 e. The fourth-order valence-corrected chi connectivity index (χ4v) is 2.66. The first-order valence-electron chi connectivity index (χ1n) is 6.85. The molecule has 0 saturated carbocycles. The van der Waals surface area contributed by atoms with Crippen LogP contribution in [0.4, 0.5) is 0 Å². The molecule has 0 bridgehead atoms. The zero-order valence-corrected chi connectivity index (χ0v) is 11.9. The quantitative estimate of drug-likeness (QED) is 0.848. The third kappa shape index (κ3) is 2.54. The van der Waals surface area contributed by atoms with Crippen molar-refractivity contribution in [3.05, 3.63) is 35.9 Å². The van der Waals surface area contributed by atoms with Crippen molar-refractivity contribution < 1.29 is 9.59 Å². The van der Waals surface area contributed by atoms with E-state index in [1.165, 1.54) is 0 Å². The number of benzene rings is 1. The summed E-state index contributed by atoms with van der Waals surface area (Å²) in [6.45, 7) is 2.28. The maximum Gasteiger partial charge on any atom is 0.247 e. The lowest BCUT2D eigenvalue weighted by Gasteiger charge is -2.32. The largest absolute Gasteiger partial charge is 0.357 e. The fourth-order valence-electron chi connectivity index (χ4n) is 2.66. The standard InChI is InChI=1S/C15H21N3O2/c1-15(16,11-7-4-3-5-8-11)14(20)18-10-6-9-12(18)13(19)17-2/h3-5,7-8,12H,6,9-10,16H2,1-2H3,(H,17,19). The SMILES string of the molecule is CNC(=O)C1CCCN1C(=O)C(C)(N)c1ccccc1. The number of likely N-dealkylation sites (N-methyl/N-ethyl adjacent to an activating group) is 1. The van der Waals surface area contributed by atoms with E-state index in [1.807, 2.05) is 30.3 Å². The van der Waals surface area contributed by atoms with Crippen molar-refractivity contribution in [2.75, 3.05) is 13.6 Å². The average Bonchev–Trinajstić information content (AvgIpc) is 2.95. The summed E-state index contributed by atoms with van der Waals surface area (Å²) in [6, 6.07) is 8.86. The topological polar surface area (TPSA) is 75.4 Å². The second-order valence-electron chi connectivity index (χ2n) is 5.34. The van der Waals surface area contributed by atoms with Crippen LogP contribution in [0.3, 0.4) is 0 Å². The van der Waals surface area contributed by atoms with Gasteiger partial charge in [0.25, 0.3) is 0 Å². The highest BCUT2D eigenvalue weighted by Crippen LogP contribution is 2.26. The van der Waals surface area contributed by atoms with Gasteiger partial charge in [0, 0.05) is 13.6 Å². The molecular formula is C15H21N3O2. The third-order valence-electron chi connectivity index (χ3n) is 3.88. The molecule has 1 aromatic carbocycles. The molecule has 1 aliphatic rings. The van der Waals surface area contributed by atoms with Gasteiger partial charge in [-0.25, -0.2) is 0 Å². The van der Waals surface area contributed by atoms with E-state index in [9.17, 15) is 9.59 Å². The summed E-state index contributed by atoms with van der Waals surface area (Å²) in [5.74, 6) is -0.325. The summed E-state index contributed by atoms with van der Waals surface area (Å²) in [4.78, 5) is 26.2. The van der Waals surface area contributed by atoms with Crippen molar-refractivity contribution in [3.63, 3.8) is 0 Å². The molecule has 0 aromatic heterocycles. The normalized spacial score (nSPS) is 21.4. The van der Waals surface area contributed by atoms with Gasteiger partial charge in [-0.15, -0.1) is 0 Å². The van der Waals surface area contributed by atoms with Gasteiger partial charge in [-0.3, -0.25) is 9.59 Å². The number of hydrogen-bond acceptors (Lipinski definition) is 3. The second-order valence-corrected chi connectivity index (χ2v) is 5.34. The first-order valence-corrected chi connectivity index (χ1v) is 6.85. The molecule has 2 amide bonds. The summed E-state index contributed by atoms with van der Waals surface area (Å²) >= 11 is 0. The Morgan fingerprint density at radius 1 is 1.35 bits per heavy atom. The van der Waals surface area contributed by atoms with Gasteiger partial charge in [0.15, 0.2) is 0 Å². The highest BCUT2D eigenvalue weighted by Gasteiger charge is 2.41. The van der Waals surface area contributed by atoms with E-state index in [2.05, 4.69) is 5.32 Å². The Morgan fingerprint density at radius 3 is 2.60 bits per heavy atom. The van der Waals surface area contributed by atoms with Crippen molar-refractivity contribution in [2.24, 2.45) is 5.73 Å². The Morgan fingerprint density at radius 2 is 2.00 bits per heavy atom. The highest BCUT2D eigenvalue weighted by molar-refractivity contribution is 5.92. The van der Waals surface area contributed by atoms with Gasteiger partial charge >= 0.3 is 0 Å². The molecule has 0 spiro atoms. The molecule has 1 saturated heterocycles. The molecule has 5 heteroatoms. The van der Waals surface area contributed by atoms with Gasteiger partial charge in [0.05, 0.1) is 0 Å². The van der Waals surface area contributed by atoms with Crippen LogP contribution < -0.4 is 11.1 Å². The smallest absolute Gasteiger partial charge is 0.247 e. The number of carbonyl (C=O) groups excluding carboxylic acids is 2. The number of amides is 2. The van der Waals surface area contributed by atoms with E-state index < -0.39 is 11.6 Å². The zero-order chi connectivity index (χ0) is 14.8. The molecule has 1 heterocycles. The fraction of sp³-hybridized carbons (Fsp3) is 0.467. The van der Waals surface area contributed by atoms with Crippen LogP contribution in [0.2, 0.25) is 0 Å². The van der Waals surface area contributed by atoms with Gasteiger partial charge in [0.1, 0.15) is 11.6 Å². The number of nitrogens with two attached hydrogens (primary N) is 1. The molecular weight excluding hydrogens is 254 g/mol. The summed E-state index contributed by atoms with van der Waals surface area (Å²) < 4.78 is 0. The molecule has 0 radical (unpaired) electrons. The lowest BCUT2D eigenvalue weighted by atomic mass is 9.91. The number of likely N-dealkylation sites (tertiary alicyclic amines) is 1. The van der Waals surface area contributed by atoms with Crippen LogP contribution in [0.25, 0.3) is 0 Å². The van der Waals surface area contributed by atoms with Crippen molar-refractivity contribution >= 4 is 11.8 Å². The van der Waals surface area contributed by atoms with E-state index in [1.54, 1.807) is 18.9 Å². The van der Waals surface area contributed by atoms with Crippen LogP contribution in [0.1, 0.15) is 25.3 Å². The zero-order valence-electron chi connectivity index (χ0n) is 11.9. The molecule has 3 N–H and O–H groups in total. The molecule has 1 fully saturated rings. The average molecular weight is 275 g/mol. The van der Waals surface area contributed by atoms with Crippen molar-refractivity contribution in [2.45, 2.75) is 31.3 Å². The molecule has 1 aromatic rings. The second kappa shape index (κ2) is 5.63. The number of carbonyl (C=O) groups is 2.